The van der Waals surface area contributed by atoms with E-state index in [4.69, 9.17) is 15.9 Å². The lowest BCUT2D eigenvalue weighted by atomic mass is 10.1. The van der Waals surface area contributed by atoms with E-state index in [9.17, 15) is 9.59 Å². The van der Waals surface area contributed by atoms with Crippen LogP contribution in [0.3, 0.4) is 0 Å². The predicted molar refractivity (Wildman–Crippen MR) is 110 cm³/mol. The number of nitrogens with two attached hydrogens (primary N) is 1. The lowest BCUT2D eigenvalue weighted by molar-refractivity contribution is -0.139. The first kappa shape index (κ1) is 20.9. The third kappa shape index (κ3) is 6.41. The first-order valence-corrected chi connectivity index (χ1v) is 8.87. The van der Waals surface area contributed by atoms with E-state index >= 15 is 0 Å². The molecule has 0 aliphatic rings. The van der Waals surface area contributed by atoms with Crippen molar-refractivity contribution in [2.45, 2.75) is 25.4 Å². The summed E-state index contributed by atoms with van der Waals surface area (Å²) in [4.78, 5) is 21.1. The molecule has 3 rings (SSSR count). The molecular formula is C22H24N2O4. The summed E-state index contributed by atoms with van der Waals surface area (Å²) in [5.41, 5.74) is 7.13. The molecule has 0 heterocycles. The van der Waals surface area contributed by atoms with Gasteiger partial charge in [0.15, 0.2) is 0 Å². The summed E-state index contributed by atoms with van der Waals surface area (Å²) in [5, 5.41) is 22.5. The van der Waals surface area contributed by atoms with Crippen molar-refractivity contribution in [3.63, 3.8) is 0 Å². The fourth-order valence-electron chi connectivity index (χ4n) is 2.55. The van der Waals surface area contributed by atoms with Gasteiger partial charge in [0.2, 0.25) is 0 Å². The van der Waals surface area contributed by atoms with E-state index in [0.717, 1.165) is 22.0 Å². The summed E-state index contributed by atoms with van der Waals surface area (Å²) < 4.78 is 0. The Labute approximate surface area is 163 Å². The first-order valence-electron chi connectivity index (χ1n) is 8.87. The van der Waals surface area contributed by atoms with Crippen LogP contribution < -0.4 is 11.1 Å². The Hall–Kier alpha value is -3.38. The van der Waals surface area contributed by atoms with Crippen molar-refractivity contribution < 1.29 is 19.8 Å². The standard InChI is InChI=1S/C13H13NO2.C9H11NO2/c1-9(13(15)16)14-12-7-6-10-4-2-3-5-11(10)8-12;10-8(9(11)12)6-7-4-2-1-3-5-7/h2-9,14H,1H3,(H,15,16);1-5,8H,6,10H2,(H,11,12). The van der Waals surface area contributed by atoms with Gasteiger partial charge in [-0.15, -0.1) is 0 Å². The Bertz CT molecular complexity index is 928. The second kappa shape index (κ2) is 10.1. The molecule has 2 unspecified atom stereocenters. The molecule has 5 N–H and O–H groups in total. The summed E-state index contributed by atoms with van der Waals surface area (Å²) >= 11 is 0. The molecule has 6 nitrogen and oxygen atoms in total. The average Bonchev–Trinajstić information content (AvgIpc) is 2.69. The van der Waals surface area contributed by atoms with Gasteiger partial charge in [-0.3, -0.25) is 9.59 Å². The van der Waals surface area contributed by atoms with Crippen molar-refractivity contribution in [1.82, 2.24) is 0 Å². The quantitative estimate of drug-likeness (QED) is 0.522. The Morgan fingerprint density at radius 1 is 0.893 bits per heavy atom. The maximum absolute atomic E-state index is 10.7. The molecule has 0 spiro atoms. The molecule has 0 fully saturated rings. The molecule has 0 radical (unpaired) electrons. The van der Waals surface area contributed by atoms with Gasteiger partial charge in [-0.25, -0.2) is 0 Å². The SMILES string of the molecule is CC(Nc1ccc2ccccc2c1)C(=O)O.NC(Cc1ccccc1)C(=O)O. The van der Waals surface area contributed by atoms with E-state index in [1.54, 1.807) is 6.92 Å². The molecule has 3 aromatic rings. The van der Waals surface area contributed by atoms with Gasteiger partial charge < -0.3 is 21.3 Å². The predicted octanol–water partition coefficient (Wildman–Crippen LogP) is 3.37. The van der Waals surface area contributed by atoms with Gasteiger partial charge >= 0.3 is 11.9 Å². The monoisotopic (exact) mass is 380 g/mol. The maximum atomic E-state index is 10.7. The van der Waals surface area contributed by atoms with Crippen molar-refractivity contribution >= 4 is 28.4 Å². The molecule has 0 amide bonds. The van der Waals surface area contributed by atoms with Crippen LogP contribution in [0, 0.1) is 0 Å². The third-order valence-corrected chi connectivity index (χ3v) is 4.12. The highest BCUT2D eigenvalue weighted by molar-refractivity contribution is 5.86. The molecule has 0 aliphatic carbocycles. The minimum Gasteiger partial charge on any atom is -0.480 e. The second-order valence-electron chi connectivity index (χ2n) is 6.40. The lowest BCUT2D eigenvalue weighted by Crippen LogP contribution is -2.32. The molecule has 0 saturated heterocycles. The minimum absolute atomic E-state index is 0.385. The highest BCUT2D eigenvalue weighted by atomic mass is 16.4. The van der Waals surface area contributed by atoms with Crippen molar-refractivity contribution in [3.05, 3.63) is 78.4 Å². The van der Waals surface area contributed by atoms with Gasteiger partial charge in [0, 0.05) is 5.69 Å². The molecule has 146 valence electrons. The van der Waals surface area contributed by atoms with E-state index in [2.05, 4.69) is 5.32 Å². The molecular weight excluding hydrogens is 356 g/mol. The number of aliphatic carboxylic acids is 2. The Balaban J connectivity index is 0.000000209. The highest BCUT2D eigenvalue weighted by Crippen LogP contribution is 2.19. The van der Waals surface area contributed by atoms with Crippen LogP contribution in [0.25, 0.3) is 10.8 Å². The molecule has 0 aromatic heterocycles. The third-order valence-electron chi connectivity index (χ3n) is 4.12. The zero-order chi connectivity index (χ0) is 20.5. The van der Waals surface area contributed by atoms with Crippen LogP contribution in [0.4, 0.5) is 5.69 Å². The van der Waals surface area contributed by atoms with Gasteiger partial charge in [-0.2, -0.15) is 0 Å². The molecule has 0 aliphatic heterocycles. The van der Waals surface area contributed by atoms with Crippen LogP contribution in [0.2, 0.25) is 0 Å². The van der Waals surface area contributed by atoms with Crippen molar-refractivity contribution in [2.24, 2.45) is 5.73 Å². The van der Waals surface area contributed by atoms with Crippen LogP contribution in [0.5, 0.6) is 0 Å². The first-order chi connectivity index (χ1) is 13.4. The van der Waals surface area contributed by atoms with E-state index < -0.39 is 24.0 Å². The molecule has 28 heavy (non-hydrogen) atoms. The van der Waals surface area contributed by atoms with Crippen LogP contribution in [0.1, 0.15) is 12.5 Å². The Morgan fingerprint density at radius 2 is 1.50 bits per heavy atom. The molecule has 0 bridgehead atoms. The number of carboxylic acids is 2. The summed E-state index contributed by atoms with van der Waals surface area (Å²) in [6.07, 6.45) is 0.385. The van der Waals surface area contributed by atoms with Gasteiger partial charge in [-0.05, 0) is 41.8 Å². The van der Waals surface area contributed by atoms with Crippen LogP contribution in [0.15, 0.2) is 72.8 Å². The van der Waals surface area contributed by atoms with Gasteiger partial charge in [-0.1, -0.05) is 60.7 Å². The van der Waals surface area contributed by atoms with Crippen molar-refractivity contribution in [1.29, 1.82) is 0 Å². The second-order valence-corrected chi connectivity index (χ2v) is 6.40. The van der Waals surface area contributed by atoms with E-state index in [0.29, 0.717) is 6.42 Å². The summed E-state index contributed by atoms with van der Waals surface area (Å²) in [6.45, 7) is 1.62. The minimum atomic E-state index is -0.959. The van der Waals surface area contributed by atoms with Gasteiger partial charge in [0.25, 0.3) is 0 Å². The van der Waals surface area contributed by atoms with Crippen molar-refractivity contribution in [3.8, 4) is 0 Å². The lowest BCUT2D eigenvalue weighted by Gasteiger charge is -2.11. The number of benzene rings is 3. The smallest absolute Gasteiger partial charge is 0.325 e. The zero-order valence-corrected chi connectivity index (χ0v) is 15.6. The normalized spacial score (nSPS) is 12.4. The number of fused-ring (bicyclic) bond motifs is 1. The summed E-state index contributed by atoms with van der Waals surface area (Å²) in [7, 11) is 0. The molecule has 3 aromatic carbocycles. The fraction of sp³-hybridized carbons (Fsp3) is 0.182. The van der Waals surface area contributed by atoms with Gasteiger partial charge in [0.05, 0.1) is 0 Å². The maximum Gasteiger partial charge on any atom is 0.325 e. The van der Waals surface area contributed by atoms with Crippen molar-refractivity contribution in [2.75, 3.05) is 5.32 Å². The number of anilines is 1. The summed E-state index contributed by atoms with van der Waals surface area (Å²) in [6, 6.07) is 21.8. The van der Waals surface area contributed by atoms with E-state index in [1.165, 1.54) is 0 Å². The highest BCUT2D eigenvalue weighted by Gasteiger charge is 2.11. The Kier molecular flexibility index (Phi) is 7.54. The number of carboxylic acid groups (broad SMARTS) is 2. The molecule has 0 saturated carbocycles. The number of nitrogens with one attached hydrogen (secondary N) is 1. The fourth-order valence-corrected chi connectivity index (χ4v) is 2.55. The number of rotatable bonds is 6. The van der Waals surface area contributed by atoms with Crippen LogP contribution in [-0.4, -0.2) is 34.2 Å². The molecule has 2 atom stereocenters. The van der Waals surface area contributed by atoms with E-state index in [1.807, 2.05) is 72.8 Å². The van der Waals surface area contributed by atoms with Crippen LogP contribution >= 0.6 is 0 Å². The zero-order valence-electron chi connectivity index (χ0n) is 15.6. The van der Waals surface area contributed by atoms with Gasteiger partial charge in [0.1, 0.15) is 12.1 Å². The Morgan fingerprint density at radius 3 is 2.11 bits per heavy atom. The number of carbonyl (C=O) groups is 2. The topological polar surface area (TPSA) is 113 Å². The summed E-state index contributed by atoms with van der Waals surface area (Å²) in [5.74, 6) is -1.81. The average molecular weight is 380 g/mol. The van der Waals surface area contributed by atoms with E-state index in [-0.39, 0.29) is 0 Å². The number of hydrogen-bond donors (Lipinski definition) is 4. The van der Waals surface area contributed by atoms with Crippen LogP contribution in [-0.2, 0) is 16.0 Å². The molecule has 6 heteroatoms. The number of hydrogen-bond acceptors (Lipinski definition) is 4. The largest absolute Gasteiger partial charge is 0.480 e.